The van der Waals surface area contributed by atoms with E-state index in [-0.39, 0.29) is 32.7 Å². The highest BCUT2D eigenvalue weighted by Crippen LogP contribution is 1.97. The summed E-state index contributed by atoms with van der Waals surface area (Å²) in [5.41, 5.74) is 0. The van der Waals surface area contributed by atoms with Crippen LogP contribution in [0.3, 0.4) is 0 Å². The molecular formula is C12H22N2O6. The highest BCUT2D eigenvalue weighted by molar-refractivity contribution is 5.85. The van der Waals surface area contributed by atoms with Gasteiger partial charge in [-0.1, -0.05) is 6.92 Å². The van der Waals surface area contributed by atoms with E-state index in [0.717, 1.165) is 4.90 Å². The van der Waals surface area contributed by atoms with E-state index in [1.165, 1.54) is 7.11 Å². The van der Waals surface area contributed by atoms with Crippen molar-refractivity contribution in [1.29, 1.82) is 0 Å². The quantitative estimate of drug-likeness (QED) is 0.582. The van der Waals surface area contributed by atoms with Gasteiger partial charge >= 0.3 is 18.0 Å². The van der Waals surface area contributed by atoms with Gasteiger partial charge in [-0.15, -0.1) is 0 Å². The number of carbonyl (C=O) groups excluding carboxylic acids is 2. The number of methoxy groups -OCH3 is 1. The third-order valence-corrected chi connectivity index (χ3v) is 2.48. The van der Waals surface area contributed by atoms with Gasteiger partial charge in [0.2, 0.25) is 0 Å². The first-order chi connectivity index (χ1) is 9.46. The largest absolute Gasteiger partial charge is 0.480 e. The molecule has 0 aromatic heterocycles. The average molecular weight is 290 g/mol. The van der Waals surface area contributed by atoms with E-state index in [9.17, 15) is 14.4 Å². The molecule has 0 fully saturated rings. The average Bonchev–Trinajstić information content (AvgIpc) is 2.40. The zero-order valence-electron chi connectivity index (χ0n) is 12.0. The summed E-state index contributed by atoms with van der Waals surface area (Å²) in [7, 11) is 1.46. The van der Waals surface area contributed by atoms with Crippen LogP contribution in [0.25, 0.3) is 0 Å². The minimum atomic E-state index is -1.12. The molecule has 0 aromatic carbocycles. The summed E-state index contributed by atoms with van der Waals surface area (Å²) in [5.74, 6) is -1.68. The van der Waals surface area contributed by atoms with Crippen molar-refractivity contribution in [2.75, 3.05) is 33.4 Å². The van der Waals surface area contributed by atoms with Gasteiger partial charge in [-0.2, -0.15) is 0 Å². The molecule has 0 bridgehead atoms. The number of rotatable bonds is 9. The molecule has 116 valence electrons. The van der Waals surface area contributed by atoms with Crippen LogP contribution < -0.4 is 5.32 Å². The highest BCUT2D eigenvalue weighted by atomic mass is 16.5. The maximum atomic E-state index is 12.0. The lowest BCUT2D eigenvalue weighted by molar-refractivity contribution is -0.143. The molecule has 2 N–H and O–H groups in total. The monoisotopic (exact) mass is 290 g/mol. The third-order valence-electron chi connectivity index (χ3n) is 2.48. The van der Waals surface area contributed by atoms with Gasteiger partial charge in [-0.3, -0.25) is 4.79 Å². The Morgan fingerprint density at radius 2 is 1.95 bits per heavy atom. The van der Waals surface area contributed by atoms with Gasteiger partial charge in [0.05, 0.1) is 13.2 Å². The van der Waals surface area contributed by atoms with E-state index >= 15 is 0 Å². The van der Waals surface area contributed by atoms with Crippen LogP contribution in [-0.4, -0.2) is 67.4 Å². The van der Waals surface area contributed by atoms with Gasteiger partial charge in [0.15, 0.2) is 0 Å². The van der Waals surface area contributed by atoms with E-state index in [4.69, 9.17) is 14.6 Å². The number of hydrogen-bond donors (Lipinski definition) is 2. The van der Waals surface area contributed by atoms with Gasteiger partial charge in [0.25, 0.3) is 0 Å². The van der Waals surface area contributed by atoms with Crippen molar-refractivity contribution in [3.63, 3.8) is 0 Å². The molecule has 0 radical (unpaired) electrons. The Bertz CT molecular complexity index is 334. The van der Waals surface area contributed by atoms with Gasteiger partial charge in [-0.05, 0) is 13.3 Å². The number of amides is 2. The zero-order chi connectivity index (χ0) is 15.5. The van der Waals surface area contributed by atoms with Crippen LogP contribution in [0, 0.1) is 0 Å². The maximum absolute atomic E-state index is 12.0. The normalized spacial score (nSPS) is 11.6. The molecule has 1 atom stereocenters. The Kier molecular flexibility index (Phi) is 9.10. The first-order valence-corrected chi connectivity index (χ1v) is 6.39. The molecule has 0 heterocycles. The summed E-state index contributed by atoms with van der Waals surface area (Å²) < 4.78 is 9.62. The number of carboxylic acids is 1. The second kappa shape index (κ2) is 10.0. The Morgan fingerprint density at radius 3 is 2.40 bits per heavy atom. The maximum Gasteiger partial charge on any atom is 0.326 e. The minimum Gasteiger partial charge on any atom is -0.480 e. The summed E-state index contributed by atoms with van der Waals surface area (Å²) in [5, 5.41) is 11.2. The Morgan fingerprint density at radius 1 is 1.30 bits per heavy atom. The van der Waals surface area contributed by atoms with Gasteiger partial charge in [-0.25, -0.2) is 9.59 Å². The Hall–Kier alpha value is -1.83. The van der Waals surface area contributed by atoms with Crippen molar-refractivity contribution >= 4 is 18.0 Å². The van der Waals surface area contributed by atoms with E-state index in [2.05, 4.69) is 5.32 Å². The first kappa shape index (κ1) is 18.2. The second-order valence-corrected chi connectivity index (χ2v) is 3.97. The lowest BCUT2D eigenvalue weighted by Crippen LogP contribution is -2.50. The Balaban J connectivity index is 4.61. The van der Waals surface area contributed by atoms with Crippen molar-refractivity contribution in [3.8, 4) is 0 Å². The van der Waals surface area contributed by atoms with Crippen molar-refractivity contribution in [2.45, 2.75) is 26.3 Å². The van der Waals surface area contributed by atoms with Gasteiger partial charge in [0, 0.05) is 13.7 Å². The van der Waals surface area contributed by atoms with Crippen molar-refractivity contribution < 1.29 is 29.0 Å². The molecule has 2 amide bonds. The van der Waals surface area contributed by atoms with E-state index in [0.29, 0.717) is 0 Å². The number of carboxylic acid groups (broad SMARTS) is 1. The third kappa shape index (κ3) is 6.93. The van der Waals surface area contributed by atoms with Crippen molar-refractivity contribution in [2.24, 2.45) is 0 Å². The number of carbonyl (C=O) groups is 3. The molecule has 0 rings (SSSR count). The fraction of sp³-hybridized carbons (Fsp3) is 0.750. The summed E-state index contributed by atoms with van der Waals surface area (Å²) >= 11 is 0. The van der Waals surface area contributed by atoms with Crippen LogP contribution in [0.15, 0.2) is 0 Å². The number of nitrogens with one attached hydrogen (secondary N) is 1. The van der Waals surface area contributed by atoms with Crippen LogP contribution in [0.1, 0.15) is 20.3 Å². The summed E-state index contributed by atoms with van der Waals surface area (Å²) in [6.45, 7) is 3.66. The predicted molar refractivity (Wildman–Crippen MR) is 70.3 cm³/mol. The van der Waals surface area contributed by atoms with Crippen molar-refractivity contribution in [3.05, 3.63) is 0 Å². The molecule has 8 heteroatoms. The molecule has 20 heavy (non-hydrogen) atoms. The molecular weight excluding hydrogens is 268 g/mol. The SMILES string of the molecule is CCOC(=O)CN(CCOC)C(=O)N[C@H](CC)C(=O)O. The lowest BCUT2D eigenvalue weighted by atomic mass is 10.2. The molecule has 0 aliphatic carbocycles. The van der Waals surface area contributed by atoms with E-state index in [1.807, 2.05) is 0 Å². The van der Waals surface area contributed by atoms with Crippen molar-refractivity contribution in [1.82, 2.24) is 10.2 Å². The van der Waals surface area contributed by atoms with Crippen LogP contribution in [0.2, 0.25) is 0 Å². The topological polar surface area (TPSA) is 105 Å². The fourth-order valence-corrected chi connectivity index (χ4v) is 1.40. The minimum absolute atomic E-state index is 0.164. The fourth-order valence-electron chi connectivity index (χ4n) is 1.40. The van der Waals surface area contributed by atoms with Crippen LogP contribution in [-0.2, 0) is 19.1 Å². The number of urea groups is 1. The molecule has 0 aromatic rings. The Labute approximate surface area is 118 Å². The first-order valence-electron chi connectivity index (χ1n) is 6.39. The number of ether oxygens (including phenoxy) is 2. The number of aliphatic carboxylic acids is 1. The van der Waals surface area contributed by atoms with Crippen LogP contribution in [0.5, 0.6) is 0 Å². The number of nitrogens with zero attached hydrogens (tertiary/aromatic N) is 1. The molecule has 8 nitrogen and oxygen atoms in total. The van der Waals surface area contributed by atoms with Gasteiger partial charge in [0.1, 0.15) is 12.6 Å². The predicted octanol–water partition coefficient (Wildman–Crippen LogP) is 0.0707. The molecule has 0 aliphatic heterocycles. The molecule has 0 aliphatic rings. The molecule has 0 saturated carbocycles. The zero-order valence-corrected chi connectivity index (χ0v) is 12.0. The second-order valence-electron chi connectivity index (χ2n) is 3.97. The summed E-state index contributed by atoms with van der Waals surface area (Å²) in [4.78, 5) is 35.4. The summed E-state index contributed by atoms with van der Waals surface area (Å²) in [6, 6.07) is -1.63. The molecule has 0 spiro atoms. The van der Waals surface area contributed by atoms with Crippen LogP contribution in [0.4, 0.5) is 4.79 Å². The number of hydrogen-bond acceptors (Lipinski definition) is 5. The summed E-state index contributed by atoms with van der Waals surface area (Å²) in [6.07, 6.45) is 0.249. The van der Waals surface area contributed by atoms with Crippen LogP contribution >= 0.6 is 0 Å². The highest BCUT2D eigenvalue weighted by Gasteiger charge is 2.23. The smallest absolute Gasteiger partial charge is 0.326 e. The van der Waals surface area contributed by atoms with E-state index in [1.54, 1.807) is 13.8 Å². The standard InChI is InChI=1S/C12H22N2O6/c1-4-9(11(16)17)13-12(18)14(6-7-19-3)8-10(15)20-5-2/h9H,4-8H2,1-3H3,(H,13,18)(H,16,17)/t9-/m1/s1. The number of esters is 1. The van der Waals surface area contributed by atoms with Gasteiger partial charge < -0.3 is 24.8 Å². The molecule has 0 unspecified atom stereocenters. The lowest BCUT2D eigenvalue weighted by Gasteiger charge is -2.23. The van der Waals surface area contributed by atoms with E-state index < -0.39 is 24.0 Å². The molecule has 0 saturated heterocycles.